The van der Waals surface area contributed by atoms with E-state index in [0.29, 0.717) is 24.4 Å². The van der Waals surface area contributed by atoms with Crippen molar-refractivity contribution < 1.29 is 14.0 Å². The third-order valence-corrected chi connectivity index (χ3v) is 5.32. The predicted octanol–water partition coefficient (Wildman–Crippen LogP) is 3.56. The van der Waals surface area contributed by atoms with E-state index in [-0.39, 0.29) is 24.1 Å². The molecule has 1 saturated heterocycles. The van der Waals surface area contributed by atoms with Gasteiger partial charge in [0.25, 0.3) is 0 Å². The third kappa shape index (κ3) is 3.60. The fraction of sp³-hybridized carbons (Fsp3) is 0.238. The standard InChI is InChI=1S/C21H19ClFN3O2/c22-16-3-1-2-14-15(8-9-18(27)25-17-10-11-24-21(17)28)19(26-20(14)16)12-4-6-13(23)7-5-12/h1-7,17,26H,8-11H2,(H,24,28)(H,25,27). The average molecular weight is 400 g/mol. The van der Waals surface area contributed by atoms with Crippen LogP contribution in [-0.4, -0.2) is 29.4 Å². The number of carbonyl (C=O) groups excluding carboxylic acids is 2. The van der Waals surface area contributed by atoms with E-state index in [1.807, 2.05) is 12.1 Å². The quantitative estimate of drug-likeness (QED) is 0.613. The highest BCUT2D eigenvalue weighted by Crippen LogP contribution is 2.34. The Hall–Kier alpha value is -2.86. The van der Waals surface area contributed by atoms with Gasteiger partial charge in [-0.15, -0.1) is 0 Å². The van der Waals surface area contributed by atoms with Gasteiger partial charge in [0.2, 0.25) is 11.8 Å². The van der Waals surface area contributed by atoms with Crippen molar-refractivity contribution in [2.75, 3.05) is 6.54 Å². The molecule has 0 bridgehead atoms. The van der Waals surface area contributed by atoms with Gasteiger partial charge in [0, 0.05) is 24.0 Å². The Morgan fingerprint density at radius 2 is 2.00 bits per heavy atom. The number of hydrogen-bond donors (Lipinski definition) is 3. The van der Waals surface area contributed by atoms with Gasteiger partial charge in [0.1, 0.15) is 11.9 Å². The Bertz CT molecular complexity index is 1050. The second-order valence-corrected chi connectivity index (χ2v) is 7.25. The summed E-state index contributed by atoms with van der Waals surface area (Å²) in [5.41, 5.74) is 3.36. The van der Waals surface area contributed by atoms with E-state index >= 15 is 0 Å². The molecule has 0 radical (unpaired) electrons. The normalized spacial score (nSPS) is 16.4. The molecule has 1 aliphatic rings. The van der Waals surface area contributed by atoms with Gasteiger partial charge in [0.15, 0.2) is 0 Å². The Kier molecular flexibility index (Phi) is 5.05. The highest BCUT2D eigenvalue weighted by atomic mass is 35.5. The molecular formula is C21H19ClFN3O2. The minimum absolute atomic E-state index is 0.140. The molecule has 5 nitrogen and oxygen atoms in total. The predicted molar refractivity (Wildman–Crippen MR) is 107 cm³/mol. The minimum atomic E-state index is -0.457. The summed E-state index contributed by atoms with van der Waals surface area (Å²) in [6, 6.07) is 11.3. The van der Waals surface area contributed by atoms with Gasteiger partial charge in [-0.3, -0.25) is 9.59 Å². The van der Waals surface area contributed by atoms with Crippen molar-refractivity contribution in [3.63, 3.8) is 0 Å². The molecule has 2 amide bonds. The molecule has 1 atom stereocenters. The SMILES string of the molecule is O=C(CCc1c(-c2ccc(F)cc2)[nH]c2c(Cl)cccc12)NC1CCNC1=O. The van der Waals surface area contributed by atoms with Crippen LogP contribution in [0.2, 0.25) is 5.02 Å². The van der Waals surface area contributed by atoms with Crippen molar-refractivity contribution in [3.8, 4) is 11.3 Å². The lowest BCUT2D eigenvalue weighted by molar-refractivity contribution is -0.127. The lowest BCUT2D eigenvalue weighted by Gasteiger charge is -2.10. The molecule has 28 heavy (non-hydrogen) atoms. The third-order valence-electron chi connectivity index (χ3n) is 5.01. The molecule has 1 unspecified atom stereocenters. The van der Waals surface area contributed by atoms with Gasteiger partial charge in [-0.1, -0.05) is 23.7 Å². The van der Waals surface area contributed by atoms with Gasteiger partial charge < -0.3 is 15.6 Å². The number of para-hydroxylation sites is 1. The van der Waals surface area contributed by atoms with E-state index in [2.05, 4.69) is 15.6 Å². The van der Waals surface area contributed by atoms with Crippen LogP contribution in [0.25, 0.3) is 22.2 Å². The van der Waals surface area contributed by atoms with E-state index in [0.717, 1.165) is 27.7 Å². The van der Waals surface area contributed by atoms with Crippen LogP contribution in [-0.2, 0) is 16.0 Å². The van der Waals surface area contributed by atoms with Gasteiger partial charge in [-0.25, -0.2) is 4.39 Å². The number of aryl methyl sites for hydroxylation is 1. The number of aromatic nitrogens is 1. The van der Waals surface area contributed by atoms with Crippen LogP contribution in [0.15, 0.2) is 42.5 Å². The summed E-state index contributed by atoms with van der Waals surface area (Å²) in [6.07, 6.45) is 1.30. The highest BCUT2D eigenvalue weighted by molar-refractivity contribution is 6.35. The summed E-state index contributed by atoms with van der Waals surface area (Å²) in [7, 11) is 0. The number of amides is 2. The number of halogens is 2. The Morgan fingerprint density at radius 3 is 2.71 bits per heavy atom. The van der Waals surface area contributed by atoms with E-state index in [1.54, 1.807) is 18.2 Å². The summed E-state index contributed by atoms with van der Waals surface area (Å²) in [4.78, 5) is 27.3. The summed E-state index contributed by atoms with van der Waals surface area (Å²) in [5, 5.41) is 7.00. The first-order valence-corrected chi connectivity index (χ1v) is 9.53. The van der Waals surface area contributed by atoms with Crippen molar-refractivity contribution >= 4 is 34.3 Å². The van der Waals surface area contributed by atoms with Gasteiger partial charge >= 0.3 is 0 Å². The molecule has 7 heteroatoms. The van der Waals surface area contributed by atoms with E-state index in [4.69, 9.17) is 11.6 Å². The Balaban J connectivity index is 1.62. The Morgan fingerprint density at radius 1 is 1.21 bits per heavy atom. The van der Waals surface area contributed by atoms with Crippen molar-refractivity contribution in [3.05, 3.63) is 58.9 Å². The minimum Gasteiger partial charge on any atom is -0.354 e. The van der Waals surface area contributed by atoms with Crippen LogP contribution < -0.4 is 10.6 Å². The largest absolute Gasteiger partial charge is 0.354 e. The second kappa shape index (κ2) is 7.64. The van der Waals surface area contributed by atoms with Crippen molar-refractivity contribution in [1.29, 1.82) is 0 Å². The maximum Gasteiger partial charge on any atom is 0.242 e. The molecule has 1 fully saturated rings. The lowest BCUT2D eigenvalue weighted by atomic mass is 10.0. The van der Waals surface area contributed by atoms with Gasteiger partial charge in [-0.05, 0) is 54.3 Å². The number of fused-ring (bicyclic) bond motifs is 1. The van der Waals surface area contributed by atoms with Crippen LogP contribution in [0.3, 0.4) is 0 Å². The van der Waals surface area contributed by atoms with Crippen LogP contribution in [0, 0.1) is 5.82 Å². The zero-order chi connectivity index (χ0) is 19.7. The lowest BCUT2D eigenvalue weighted by Crippen LogP contribution is -2.40. The van der Waals surface area contributed by atoms with E-state index in [1.165, 1.54) is 12.1 Å². The summed E-state index contributed by atoms with van der Waals surface area (Å²) in [6.45, 7) is 0.583. The van der Waals surface area contributed by atoms with Crippen LogP contribution in [0.5, 0.6) is 0 Å². The molecule has 1 aliphatic heterocycles. The number of carbonyl (C=O) groups is 2. The summed E-state index contributed by atoms with van der Waals surface area (Å²) >= 11 is 6.33. The number of rotatable bonds is 5. The molecule has 3 N–H and O–H groups in total. The van der Waals surface area contributed by atoms with Crippen LogP contribution in [0.1, 0.15) is 18.4 Å². The molecule has 2 heterocycles. The zero-order valence-corrected chi connectivity index (χ0v) is 15.8. The molecule has 0 spiro atoms. The van der Waals surface area contributed by atoms with Gasteiger partial charge in [-0.2, -0.15) is 0 Å². The molecular weight excluding hydrogens is 381 g/mol. The molecule has 0 saturated carbocycles. The van der Waals surface area contributed by atoms with E-state index < -0.39 is 6.04 Å². The first-order valence-electron chi connectivity index (χ1n) is 9.15. The zero-order valence-electron chi connectivity index (χ0n) is 15.0. The first-order chi connectivity index (χ1) is 13.5. The molecule has 144 valence electrons. The number of benzene rings is 2. The molecule has 2 aromatic carbocycles. The molecule has 4 rings (SSSR count). The fourth-order valence-electron chi connectivity index (χ4n) is 3.60. The van der Waals surface area contributed by atoms with Crippen molar-refractivity contribution in [1.82, 2.24) is 15.6 Å². The summed E-state index contributed by atoms with van der Waals surface area (Å²) in [5.74, 6) is -0.628. The fourth-order valence-corrected chi connectivity index (χ4v) is 3.82. The smallest absolute Gasteiger partial charge is 0.242 e. The van der Waals surface area contributed by atoms with E-state index in [9.17, 15) is 14.0 Å². The van der Waals surface area contributed by atoms with Crippen LogP contribution in [0.4, 0.5) is 4.39 Å². The van der Waals surface area contributed by atoms with Crippen LogP contribution >= 0.6 is 11.6 Å². The van der Waals surface area contributed by atoms with Crippen molar-refractivity contribution in [2.24, 2.45) is 0 Å². The Labute approximate surface area is 166 Å². The topological polar surface area (TPSA) is 74.0 Å². The monoisotopic (exact) mass is 399 g/mol. The second-order valence-electron chi connectivity index (χ2n) is 6.85. The maximum atomic E-state index is 13.3. The number of aromatic amines is 1. The molecule has 1 aromatic heterocycles. The van der Waals surface area contributed by atoms with Crippen molar-refractivity contribution in [2.45, 2.75) is 25.3 Å². The highest BCUT2D eigenvalue weighted by Gasteiger charge is 2.25. The number of nitrogens with one attached hydrogen (secondary N) is 3. The molecule has 3 aromatic rings. The average Bonchev–Trinajstić information content (AvgIpc) is 3.25. The maximum absolute atomic E-state index is 13.3. The molecule has 0 aliphatic carbocycles. The van der Waals surface area contributed by atoms with Gasteiger partial charge in [0.05, 0.1) is 10.5 Å². The number of hydrogen-bond acceptors (Lipinski definition) is 2. The number of H-pyrrole nitrogens is 1. The first kappa shape index (κ1) is 18.5. The summed E-state index contributed by atoms with van der Waals surface area (Å²) < 4.78 is 13.3.